The lowest BCUT2D eigenvalue weighted by molar-refractivity contribution is -0.142. The van der Waals surface area contributed by atoms with Crippen LogP contribution in [0, 0.1) is 11.7 Å². The van der Waals surface area contributed by atoms with Crippen LogP contribution in [0.2, 0.25) is 0 Å². The van der Waals surface area contributed by atoms with Crippen molar-refractivity contribution >= 4 is 23.7 Å². The lowest BCUT2D eigenvalue weighted by Gasteiger charge is -2.54. The number of aliphatic carboxylic acids is 1. The van der Waals surface area contributed by atoms with Gasteiger partial charge in [-0.2, -0.15) is 0 Å². The summed E-state index contributed by atoms with van der Waals surface area (Å²) in [4.78, 5) is 40.4. The van der Waals surface area contributed by atoms with Crippen LogP contribution in [0.25, 0.3) is 0 Å². The first-order valence-electron chi connectivity index (χ1n) is 11.2. The largest absolute Gasteiger partial charge is 0.481 e. The normalized spacial score (nSPS) is 20.8. The summed E-state index contributed by atoms with van der Waals surface area (Å²) in [7, 11) is 0. The van der Waals surface area contributed by atoms with E-state index in [2.05, 4.69) is 0 Å². The number of amides is 2. The molecule has 7 nitrogen and oxygen atoms in total. The van der Waals surface area contributed by atoms with Gasteiger partial charge < -0.3 is 14.7 Å². The molecular weight excluding hydrogens is 427 g/mol. The van der Waals surface area contributed by atoms with Crippen molar-refractivity contribution in [2.75, 3.05) is 11.4 Å². The molecule has 0 spiro atoms. The van der Waals surface area contributed by atoms with Crippen molar-refractivity contribution in [3.8, 4) is 0 Å². The van der Waals surface area contributed by atoms with Crippen LogP contribution in [0.3, 0.4) is 0 Å². The molecule has 3 atom stereocenters. The van der Waals surface area contributed by atoms with E-state index in [1.807, 2.05) is 31.2 Å². The van der Waals surface area contributed by atoms with Crippen molar-refractivity contribution in [2.45, 2.75) is 51.3 Å². The Labute approximate surface area is 191 Å². The Morgan fingerprint density at radius 3 is 2.45 bits per heavy atom. The number of hydrogen-bond acceptors (Lipinski definition) is 4. The van der Waals surface area contributed by atoms with Gasteiger partial charge in [-0.05, 0) is 49.1 Å². The van der Waals surface area contributed by atoms with Gasteiger partial charge in [0.2, 0.25) is 5.91 Å². The highest BCUT2D eigenvalue weighted by Crippen LogP contribution is 2.52. The first-order valence-corrected chi connectivity index (χ1v) is 11.2. The van der Waals surface area contributed by atoms with Crippen molar-refractivity contribution in [3.63, 3.8) is 0 Å². The monoisotopic (exact) mass is 454 g/mol. The number of carbonyl (C=O) groups is 3. The van der Waals surface area contributed by atoms with Gasteiger partial charge in [0, 0.05) is 24.9 Å². The third-order valence-corrected chi connectivity index (χ3v) is 6.56. The molecule has 2 aliphatic rings. The number of carbonyl (C=O) groups excluding carboxylic acids is 2. The van der Waals surface area contributed by atoms with Crippen LogP contribution in [0.15, 0.2) is 48.5 Å². The number of hydrogen-bond donors (Lipinski definition) is 1. The second-order valence-corrected chi connectivity index (χ2v) is 8.44. The molecule has 2 aromatic carbocycles. The predicted octanol–water partition coefficient (Wildman–Crippen LogP) is 4.52. The highest BCUT2D eigenvalue weighted by Gasteiger charge is 2.51. The second-order valence-electron chi connectivity index (χ2n) is 8.44. The van der Waals surface area contributed by atoms with Gasteiger partial charge >= 0.3 is 12.1 Å². The summed E-state index contributed by atoms with van der Waals surface area (Å²) < 4.78 is 18.7. The van der Waals surface area contributed by atoms with Crippen LogP contribution in [-0.2, 0) is 20.9 Å². The van der Waals surface area contributed by atoms with Gasteiger partial charge in [0.25, 0.3) is 0 Å². The van der Waals surface area contributed by atoms with E-state index < -0.39 is 12.1 Å². The molecule has 0 bridgehead atoms. The molecule has 1 saturated carbocycles. The summed E-state index contributed by atoms with van der Waals surface area (Å²) in [5, 5.41) is 8.99. The molecular formula is C25H27FN2O5. The quantitative estimate of drug-likeness (QED) is 0.665. The lowest BCUT2D eigenvalue weighted by Crippen LogP contribution is -2.59. The lowest BCUT2D eigenvalue weighted by atomic mass is 9.68. The van der Waals surface area contributed by atoms with Crippen LogP contribution >= 0.6 is 0 Å². The average molecular weight is 454 g/mol. The molecule has 1 N–H and O–H groups in total. The van der Waals surface area contributed by atoms with E-state index in [0.29, 0.717) is 17.8 Å². The number of ether oxygens (including phenoxy) is 1. The summed E-state index contributed by atoms with van der Waals surface area (Å²) in [5.41, 5.74) is 2.26. The molecule has 1 heterocycles. The van der Waals surface area contributed by atoms with E-state index in [4.69, 9.17) is 9.84 Å². The van der Waals surface area contributed by atoms with Gasteiger partial charge in [0.15, 0.2) is 0 Å². The Hall–Kier alpha value is -3.42. The first kappa shape index (κ1) is 22.8. The molecule has 174 valence electrons. The topological polar surface area (TPSA) is 87.2 Å². The van der Waals surface area contributed by atoms with Crippen molar-refractivity contribution < 1.29 is 28.6 Å². The molecule has 2 aromatic rings. The van der Waals surface area contributed by atoms with Crippen molar-refractivity contribution in [1.82, 2.24) is 4.90 Å². The zero-order valence-electron chi connectivity index (χ0n) is 18.4. The highest BCUT2D eigenvalue weighted by molar-refractivity contribution is 5.91. The number of carboxylic acid groups (broad SMARTS) is 1. The number of rotatable bonds is 7. The average Bonchev–Trinajstić information content (AvgIpc) is 2.79. The number of benzene rings is 2. The molecule has 33 heavy (non-hydrogen) atoms. The molecule has 8 heteroatoms. The van der Waals surface area contributed by atoms with Crippen molar-refractivity contribution in [2.24, 2.45) is 5.92 Å². The number of fused-ring (bicyclic) bond motifs is 2. The maximum atomic E-state index is 13.1. The molecule has 1 fully saturated rings. The van der Waals surface area contributed by atoms with E-state index >= 15 is 0 Å². The summed E-state index contributed by atoms with van der Waals surface area (Å²) in [6.07, 6.45) is 0.915. The number of nitrogens with zero attached hydrogens (tertiary/aromatic N) is 2. The number of halogens is 1. The minimum absolute atomic E-state index is 0.0351. The number of carboxylic acids is 1. The van der Waals surface area contributed by atoms with Crippen LogP contribution in [0.5, 0.6) is 0 Å². The minimum Gasteiger partial charge on any atom is -0.481 e. The fourth-order valence-corrected chi connectivity index (χ4v) is 4.88. The Bertz CT molecular complexity index is 1040. The summed E-state index contributed by atoms with van der Waals surface area (Å²) >= 11 is 0. The van der Waals surface area contributed by atoms with E-state index in [1.54, 1.807) is 21.9 Å². The number of para-hydroxylation sites is 1. The van der Waals surface area contributed by atoms with E-state index in [9.17, 15) is 18.8 Å². The Morgan fingerprint density at radius 2 is 1.82 bits per heavy atom. The van der Waals surface area contributed by atoms with Gasteiger partial charge in [0.1, 0.15) is 12.4 Å². The Morgan fingerprint density at radius 1 is 1.09 bits per heavy atom. The molecule has 1 aliphatic carbocycles. The molecule has 0 aromatic heterocycles. The zero-order chi connectivity index (χ0) is 23.5. The van der Waals surface area contributed by atoms with Crippen LogP contribution in [0.4, 0.5) is 14.9 Å². The summed E-state index contributed by atoms with van der Waals surface area (Å²) in [5.74, 6) is -1.50. The van der Waals surface area contributed by atoms with Gasteiger partial charge in [-0.3, -0.25) is 14.5 Å². The minimum atomic E-state index is -1.000. The van der Waals surface area contributed by atoms with Gasteiger partial charge in [0.05, 0.1) is 18.2 Å². The maximum Gasteiger partial charge on any atom is 0.414 e. The Balaban J connectivity index is 1.58. The molecule has 1 aliphatic heterocycles. The fraction of sp³-hybridized carbons (Fsp3) is 0.400. The third-order valence-electron chi connectivity index (χ3n) is 6.56. The van der Waals surface area contributed by atoms with E-state index in [-0.39, 0.29) is 49.2 Å². The standard InChI is InChI=1S/C25H27FN2O5/c1-2-27(22(29)13-14-23(30)31)24-18-5-3-4-6-20(18)28(21-12-11-19(21)24)25(32)33-15-16-7-9-17(26)10-8-16/h3-10,19,21,24H,2,11-15H2,1H3,(H,30,31). The van der Waals surface area contributed by atoms with Gasteiger partial charge in [-0.15, -0.1) is 0 Å². The van der Waals surface area contributed by atoms with Crippen molar-refractivity contribution in [3.05, 3.63) is 65.5 Å². The SMILES string of the molecule is CCN(C(=O)CCC(=O)O)C1c2ccccc2N(C(=O)OCc2ccc(F)cc2)C2CCC12. The van der Waals surface area contributed by atoms with Gasteiger partial charge in [-0.1, -0.05) is 30.3 Å². The molecule has 0 radical (unpaired) electrons. The molecule has 0 saturated heterocycles. The Kier molecular flexibility index (Phi) is 6.62. The van der Waals surface area contributed by atoms with E-state index in [0.717, 1.165) is 18.4 Å². The van der Waals surface area contributed by atoms with Crippen LogP contribution in [0.1, 0.15) is 49.8 Å². The fourth-order valence-electron chi connectivity index (χ4n) is 4.88. The highest BCUT2D eigenvalue weighted by atomic mass is 19.1. The molecule has 4 rings (SSSR count). The number of anilines is 1. The molecule has 2 amide bonds. The van der Waals surface area contributed by atoms with Crippen molar-refractivity contribution in [1.29, 1.82) is 0 Å². The van der Waals surface area contributed by atoms with E-state index in [1.165, 1.54) is 12.1 Å². The van der Waals surface area contributed by atoms with Crippen LogP contribution < -0.4 is 4.90 Å². The first-order chi connectivity index (χ1) is 15.9. The zero-order valence-corrected chi connectivity index (χ0v) is 18.4. The van der Waals surface area contributed by atoms with Crippen LogP contribution in [-0.4, -0.2) is 40.6 Å². The second kappa shape index (κ2) is 9.60. The smallest absolute Gasteiger partial charge is 0.414 e. The summed E-state index contributed by atoms with van der Waals surface area (Å²) in [6.45, 7) is 2.38. The molecule has 3 unspecified atom stereocenters. The third kappa shape index (κ3) is 4.55. The predicted molar refractivity (Wildman–Crippen MR) is 119 cm³/mol. The van der Waals surface area contributed by atoms with Gasteiger partial charge in [-0.25, -0.2) is 9.18 Å². The maximum absolute atomic E-state index is 13.1. The summed E-state index contributed by atoms with van der Waals surface area (Å²) in [6, 6.07) is 13.0.